The van der Waals surface area contributed by atoms with Crippen LogP contribution in [0.25, 0.3) is 0 Å². The molecule has 0 saturated carbocycles. The van der Waals surface area contributed by atoms with Crippen LogP contribution < -0.4 is 10.5 Å². The molecule has 1 aromatic carbocycles. The van der Waals surface area contributed by atoms with E-state index in [1.54, 1.807) is 12.1 Å². The van der Waals surface area contributed by atoms with Gasteiger partial charge >= 0.3 is 0 Å². The number of halogens is 1. The highest BCUT2D eigenvalue weighted by molar-refractivity contribution is 5.95. The van der Waals surface area contributed by atoms with Gasteiger partial charge in [0, 0.05) is 12.0 Å². The molecule has 16 heavy (non-hydrogen) atoms. The van der Waals surface area contributed by atoms with Gasteiger partial charge in [-0.1, -0.05) is 0 Å². The summed E-state index contributed by atoms with van der Waals surface area (Å²) in [7, 11) is 0. The predicted octanol–water partition coefficient (Wildman–Crippen LogP) is 2.33. The highest BCUT2D eigenvalue weighted by Gasteiger charge is 2.07. The van der Waals surface area contributed by atoms with E-state index in [1.807, 2.05) is 13.8 Å². The van der Waals surface area contributed by atoms with Gasteiger partial charge in [-0.15, -0.1) is 0 Å². The van der Waals surface area contributed by atoms with E-state index in [2.05, 4.69) is 0 Å². The number of aryl methyl sites for hydroxylation is 2. The summed E-state index contributed by atoms with van der Waals surface area (Å²) in [5.41, 5.74) is 7.94. The number of ether oxygens (including phenoxy) is 1. The minimum absolute atomic E-state index is 0.0431. The van der Waals surface area contributed by atoms with Crippen molar-refractivity contribution in [2.24, 2.45) is 5.73 Å². The molecular weight excluding hydrogens is 207 g/mol. The lowest BCUT2D eigenvalue weighted by Crippen LogP contribution is -2.12. The minimum atomic E-state index is -0.371. The average Bonchev–Trinajstić information content (AvgIpc) is 2.21. The Bertz CT molecular complexity index is 368. The molecule has 3 N–H and O–H groups in total. The molecular formula is C12H17FN2O. The first-order valence-electron chi connectivity index (χ1n) is 5.20. The number of nitrogens with two attached hydrogens (primary N) is 1. The number of nitrogen functional groups attached to an aromatic ring is 1. The first kappa shape index (κ1) is 12.5. The first-order chi connectivity index (χ1) is 7.56. The summed E-state index contributed by atoms with van der Waals surface area (Å²) in [6.07, 6.45) is 0.396. The van der Waals surface area contributed by atoms with Crippen molar-refractivity contribution in [2.75, 3.05) is 13.3 Å². The Morgan fingerprint density at radius 1 is 1.38 bits per heavy atom. The number of benzene rings is 1. The summed E-state index contributed by atoms with van der Waals surface area (Å²) >= 11 is 0. The van der Waals surface area contributed by atoms with Crippen LogP contribution in [0.15, 0.2) is 12.1 Å². The molecule has 0 aromatic heterocycles. The van der Waals surface area contributed by atoms with E-state index in [9.17, 15) is 4.39 Å². The summed E-state index contributed by atoms with van der Waals surface area (Å²) in [6.45, 7) is 3.79. The van der Waals surface area contributed by atoms with Gasteiger partial charge in [-0.2, -0.15) is 0 Å². The van der Waals surface area contributed by atoms with E-state index in [4.69, 9.17) is 15.9 Å². The van der Waals surface area contributed by atoms with Gasteiger partial charge in [0.2, 0.25) is 0 Å². The van der Waals surface area contributed by atoms with Gasteiger partial charge in [0.15, 0.2) is 0 Å². The zero-order valence-electron chi connectivity index (χ0n) is 9.64. The number of hydrogen-bond acceptors (Lipinski definition) is 2. The standard InChI is InChI=1S/C12H17FN2O/c1-8-6-10(12(14)15)7-9(2)11(8)16-5-3-4-13/h6-7H,3-5H2,1-2H3,(H3,14,15). The van der Waals surface area contributed by atoms with Crippen molar-refractivity contribution >= 4 is 5.84 Å². The minimum Gasteiger partial charge on any atom is -0.493 e. The normalized spacial score (nSPS) is 10.2. The second-order valence-electron chi connectivity index (χ2n) is 3.74. The number of amidine groups is 1. The largest absolute Gasteiger partial charge is 0.493 e. The van der Waals surface area contributed by atoms with Crippen LogP contribution in [0.4, 0.5) is 4.39 Å². The second kappa shape index (κ2) is 5.49. The molecule has 0 aliphatic rings. The van der Waals surface area contributed by atoms with Crippen LogP contribution in [0, 0.1) is 19.3 Å². The van der Waals surface area contributed by atoms with Crippen molar-refractivity contribution in [3.63, 3.8) is 0 Å². The summed E-state index contributed by atoms with van der Waals surface area (Å²) in [5, 5.41) is 7.35. The van der Waals surface area contributed by atoms with Crippen LogP contribution >= 0.6 is 0 Å². The highest BCUT2D eigenvalue weighted by Crippen LogP contribution is 2.24. The smallest absolute Gasteiger partial charge is 0.125 e. The SMILES string of the molecule is Cc1cc(C(=N)N)cc(C)c1OCCCF. The van der Waals surface area contributed by atoms with Crippen molar-refractivity contribution in [1.29, 1.82) is 5.41 Å². The maximum absolute atomic E-state index is 11.9. The Labute approximate surface area is 94.9 Å². The van der Waals surface area contributed by atoms with Crippen LogP contribution in [0.5, 0.6) is 5.75 Å². The molecule has 0 unspecified atom stereocenters. The van der Waals surface area contributed by atoms with E-state index < -0.39 is 0 Å². The zero-order chi connectivity index (χ0) is 12.1. The van der Waals surface area contributed by atoms with Crippen molar-refractivity contribution in [3.8, 4) is 5.75 Å². The second-order valence-corrected chi connectivity index (χ2v) is 3.74. The summed E-state index contributed by atoms with van der Waals surface area (Å²) in [6, 6.07) is 3.61. The third-order valence-electron chi connectivity index (χ3n) is 2.30. The van der Waals surface area contributed by atoms with Gasteiger partial charge in [0.25, 0.3) is 0 Å². The van der Waals surface area contributed by atoms with Crippen molar-refractivity contribution in [1.82, 2.24) is 0 Å². The van der Waals surface area contributed by atoms with Gasteiger partial charge in [-0.25, -0.2) is 0 Å². The lowest BCUT2D eigenvalue weighted by atomic mass is 10.1. The number of nitrogens with one attached hydrogen (secondary N) is 1. The van der Waals surface area contributed by atoms with Crippen molar-refractivity contribution in [2.45, 2.75) is 20.3 Å². The molecule has 0 aliphatic heterocycles. The Balaban J connectivity index is 2.89. The molecule has 0 radical (unpaired) electrons. The third kappa shape index (κ3) is 2.95. The molecule has 0 fully saturated rings. The van der Waals surface area contributed by atoms with Gasteiger partial charge in [0.1, 0.15) is 11.6 Å². The zero-order valence-corrected chi connectivity index (χ0v) is 9.64. The summed E-state index contributed by atoms with van der Waals surface area (Å²) in [4.78, 5) is 0. The molecule has 0 aliphatic carbocycles. The van der Waals surface area contributed by atoms with Crippen LogP contribution in [0.3, 0.4) is 0 Å². The number of alkyl halides is 1. The maximum atomic E-state index is 11.9. The predicted molar refractivity (Wildman–Crippen MR) is 63.0 cm³/mol. The molecule has 0 bridgehead atoms. The highest BCUT2D eigenvalue weighted by atomic mass is 19.1. The van der Waals surface area contributed by atoms with Crippen LogP contribution in [-0.2, 0) is 0 Å². The van der Waals surface area contributed by atoms with Crippen LogP contribution in [0.2, 0.25) is 0 Å². The van der Waals surface area contributed by atoms with Gasteiger partial charge in [-0.05, 0) is 37.1 Å². The fourth-order valence-electron chi connectivity index (χ4n) is 1.56. The van der Waals surface area contributed by atoms with Crippen LogP contribution in [0.1, 0.15) is 23.1 Å². The van der Waals surface area contributed by atoms with Gasteiger partial charge < -0.3 is 10.5 Å². The lowest BCUT2D eigenvalue weighted by Gasteiger charge is -2.13. The van der Waals surface area contributed by atoms with Crippen molar-refractivity contribution < 1.29 is 9.13 Å². The number of rotatable bonds is 5. The van der Waals surface area contributed by atoms with E-state index >= 15 is 0 Å². The van der Waals surface area contributed by atoms with E-state index in [0.717, 1.165) is 16.9 Å². The lowest BCUT2D eigenvalue weighted by molar-refractivity contribution is 0.286. The quantitative estimate of drug-likeness (QED) is 0.458. The summed E-state index contributed by atoms with van der Waals surface area (Å²) in [5.74, 6) is 0.806. The fraction of sp³-hybridized carbons (Fsp3) is 0.417. The Morgan fingerprint density at radius 2 is 1.94 bits per heavy atom. The van der Waals surface area contributed by atoms with Crippen molar-refractivity contribution in [3.05, 3.63) is 28.8 Å². The Morgan fingerprint density at radius 3 is 2.38 bits per heavy atom. The number of hydrogen-bond donors (Lipinski definition) is 2. The van der Waals surface area contributed by atoms with E-state index in [1.165, 1.54) is 0 Å². The first-order valence-corrected chi connectivity index (χ1v) is 5.20. The molecule has 88 valence electrons. The molecule has 1 aromatic rings. The monoisotopic (exact) mass is 224 g/mol. The molecule has 3 nitrogen and oxygen atoms in total. The third-order valence-corrected chi connectivity index (χ3v) is 2.30. The molecule has 0 atom stereocenters. The van der Waals surface area contributed by atoms with Gasteiger partial charge in [0.05, 0.1) is 13.3 Å². The Hall–Kier alpha value is -1.58. The topological polar surface area (TPSA) is 59.1 Å². The fourth-order valence-corrected chi connectivity index (χ4v) is 1.56. The van der Waals surface area contributed by atoms with E-state index in [-0.39, 0.29) is 12.5 Å². The summed E-state index contributed by atoms with van der Waals surface area (Å²) < 4.78 is 17.4. The molecule has 4 heteroatoms. The molecule has 0 spiro atoms. The molecule has 0 saturated heterocycles. The maximum Gasteiger partial charge on any atom is 0.125 e. The molecule has 1 rings (SSSR count). The van der Waals surface area contributed by atoms with Crippen LogP contribution in [-0.4, -0.2) is 19.1 Å². The molecule has 0 amide bonds. The van der Waals surface area contributed by atoms with Gasteiger partial charge in [-0.3, -0.25) is 9.80 Å². The molecule has 0 heterocycles. The average molecular weight is 224 g/mol. The van der Waals surface area contributed by atoms with E-state index in [0.29, 0.717) is 18.6 Å². The Kier molecular flexibility index (Phi) is 4.28.